The van der Waals surface area contributed by atoms with Crippen LogP contribution in [0.3, 0.4) is 0 Å². The average molecular weight is 531 g/mol. The monoisotopic (exact) mass is 530 g/mol. The van der Waals surface area contributed by atoms with Crippen molar-refractivity contribution in [3.8, 4) is 5.75 Å². The van der Waals surface area contributed by atoms with Crippen molar-refractivity contribution in [2.45, 2.75) is 6.61 Å². The highest BCUT2D eigenvalue weighted by Crippen LogP contribution is 2.38. The molecule has 4 rings (SSSR count). The van der Waals surface area contributed by atoms with Crippen LogP contribution in [0.15, 0.2) is 70.6 Å². The van der Waals surface area contributed by atoms with Gasteiger partial charge < -0.3 is 9.84 Å². The summed E-state index contributed by atoms with van der Waals surface area (Å²) in [6.45, 7) is -0.0427. The lowest BCUT2D eigenvalue weighted by atomic mass is 10.2. The van der Waals surface area contributed by atoms with Gasteiger partial charge in [-0.15, -0.1) is 0 Å². The van der Waals surface area contributed by atoms with E-state index in [-0.39, 0.29) is 33.9 Å². The lowest BCUT2D eigenvalue weighted by Gasteiger charge is -2.11. The zero-order valence-corrected chi connectivity index (χ0v) is 20.5. The van der Waals surface area contributed by atoms with Crippen LogP contribution in [0.4, 0.5) is 10.1 Å². The molecular formula is C25H17Cl2FN2O4S. The van der Waals surface area contributed by atoms with E-state index in [0.717, 1.165) is 11.8 Å². The van der Waals surface area contributed by atoms with Crippen LogP contribution in [0.5, 0.6) is 5.75 Å². The van der Waals surface area contributed by atoms with Gasteiger partial charge in [0.25, 0.3) is 5.91 Å². The first-order valence-corrected chi connectivity index (χ1v) is 11.7. The molecule has 3 aromatic carbocycles. The van der Waals surface area contributed by atoms with Gasteiger partial charge in [0.2, 0.25) is 0 Å². The minimum atomic E-state index is -1.03. The summed E-state index contributed by atoms with van der Waals surface area (Å²) in [5.41, 5.74) is 1.61. The Balaban J connectivity index is 1.53. The highest BCUT2D eigenvalue weighted by Gasteiger charge is 2.30. The lowest BCUT2D eigenvalue weighted by Crippen LogP contribution is -2.23. The normalized spacial score (nSPS) is 15.8. The summed E-state index contributed by atoms with van der Waals surface area (Å²) in [5.74, 6) is -1.47. The van der Waals surface area contributed by atoms with Crippen LogP contribution in [0.2, 0.25) is 10.0 Å². The summed E-state index contributed by atoms with van der Waals surface area (Å²) in [4.78, 5) is 30.0. The van der Waals surface area contributed by atoms with E-state index in [0.29, 0.717) is 26.9 Å². The second kappa shape index (κ2) is 10.5. The number of hydrogen-bond donors (Lipinski definition) is 1. The van der Waals surface area contributed by atoms with E-state index in [2.05, 4.69) is 4.99 Å². The van der Waals surface area contributed by atoms with E-state index in [1.165, 1.54) is 23.1 Å². The summed E-state index contributed by atoms with van der Waals surface area (Å²) >= 11 is 13.9. The largest absolute Gasteiger partial charge is 0.486 e. The number of ether oxygens (including phenoxy) is 1. The van der Waals surface area contributed by atoms with Crippen molar-refractivity contribution in [1.82, 2.24) is 4.90 Å². The molecule has 0 aromatic heterocycles. The summed E-state index contributed by atoms with van der Waals surface area (Å²) in [7, 11) is 1.60. The maximum absolute atomic E-state index is 13.8. The maximum atomic E-state index is 13.8. The van der Waals surface area contributed by atoms with Crippen molar-refractivity contribution in [3.05, 3.63) is 98.1 Å². The fourth-order valence-electron chi connectivity index (χ4n) is 3.16. The zero-order chi connectivity index (χ0) is 25.1. The number of aromatic carboxylic acids is 1. The SMILES string of the molecule is CN1C(=O)/C(=C/c2cc(Cl)c(OCc3ccccc3F)c(Cl)c2)SC1=Nc1ccc(C(=O)O)cc1. The highest BCUT2D eigenvalue weighted by molar-refractivity contribution is 8.18. The van der Waals surface area contributed by atoms with E-state index < -0.39 is 11.8 Å². The van der Waals surface area contributed by atoms with Crippen molar-refractivity contribution in [1.29, 1.82) is 0 Å². The van der Waals surface area contributed by atoms with E-state index in [1.54, 1.807) is 55.6 Å². The van der Waals surface area contributed by atoms with Crippen LogP contribution < -0.4 is 4.74 Å². The van der Waals surface area contributed by atoms with Gasteiger partial charge in [-0.2, -0.15) is 0 Å². The second-order valence-electron chi connectivity index (χ2n) is 7.41. The summed E-state index contributed by atoms with van der Waals surface area (Å²) in [6, 6.07) is 15.5. The number of amidine groups is 1. The zero-order valence-electron chi connectivity index (χ0n) is 18.2. The number of carboxylic acids is 1. The number of likely N-dealkylation sites (N-methyl/N-ethyl adjacent to an activating group) is 1. The third kappa shape index (κ3) is 5.67. The Kier molecular flexibility index (Phi) is 7.45. The minimum absolute atomic E-state index is 0.0427. The van der Waals surface area contributed by atoms with Gasteiger partial charge >= 0.3 is 5.97 Å². The lowest BCUT2D eigenvalue weighted by molar-refractivity contribution is -0.121. The first-order chi connectivity index (χ1) is 16.7. The summed E-state index contributed by atoms with van der Waals surface area (Å²) in [5, 5.41) is 9.89. The molecule has 1 amide bonds. The number of hydrogen-bond acceptors (Lipinski definition) is 5. The van der Waals surface area contributed by atoms with E-state index >= 15 is 0 Å². The van der Waals surface area contributed by atoms with Crippen LogP contribution in [-0.2, 0) is 11.4 Å². The van der Waals surface area contributed by atoms with Crippen molar-refractivity contribution in [2.24, 2.45) is 4.99 Å². The Morgan fingerprint density at radius 3 is 2.43 bits per heavy atom. The van der Waals surface area contributed by atoms with Gasteiger partial charge in [0, 0.05) is 12.6 Å². The van der Waals surface area contributed by atoms with Crippen LogP contribution in [-0.4, -0.2) is 34.1 Å². The summed E-state index contributed by atoms with van der Waals surface area (Å²) in [6.07, 6.45) is 1.64. The molecule has 178 valence electrons. The molecule has 3 aromatic rings. The van der Waals surface area contributed by atoms with Gasteiger partial charge in [0.05, 0.1) is 26.2 Å². The van der Waals surface area contributed by atoms with Gasteiger partial charge in [0.1, 0.15) is 12.4 Å². The van der Waals surface area contributed by atoms with Gasteiger partial charge in [0.15, 0.2) is 10.9 Å². The molecule has 1 saturated heterocycles. The van der Waals surface area contributed by atoms with Crippen molar-refractivity contribution in [2.75, 3.05) is 7.05 Å². The topological polar surface area (TPSA) is 79.2 Å². The molecule has 1 aliphatic rings. The third-order valence-electron chi connectivity index (χ3n) is 4.99. The first-order valence-electron chi connectivity index (χ1n) is 10.2. The number of aliphatic imine (C=N–C) groups is 1. The summed E-state index contributed by atoms with van der Waals surface area (Å²) < 4.78 is 19.5. The van der Waals surface area contributed by atoms with Crippen LogP contribution in [0, 0.1) is 5.82 Å². The smallest absolute Gasteiger partial charge is 0.335 e. The van der Waals surface area contributed by atoms with Crippen molar-refractivity contribution in [3.63, 3.8) is 0 Å². The highest BCUT2D eigenvalue weighted by atomic mass is 35.5. The minimum Gasteiger partial charge on any atom is -0.486 e. The molecule has 0 unspecified atom stereocenters. The molecule has 0 radical (unpaired) electrons. The Bertz CT molecular complexity index is 1350. The second-order valence-corrected chi connectivity index (χ2v) is 9.24. The fraction of sp³-hybridized carbons (Fsp3) is 0.0800. The molecule has 1 N–H and O–H groups in total. The van der Waals surface area contributed by atoms with Gasteiger partial charge in [-0.25, -0.2) is 14.2 Å². The Labute approximate surface area is 214 Å². The number of benzene rings is 3. The number of nitrogens with zero attached hydrogens (tertiary/aromatic N) is 2. The molecule has 10 heteroatoms. The van der Waals surface area contributed by atoms with E-state index in [1.807, 2.05) is 0 Å². The number of thioether (sulfide) groups is 1. The number of amides is 1. The number of rotatable bonds is 6. The molecule has 0 saturated carbocycles. The molecule has 0 spiro atoms. The van der Waals surface area contributed by atoms with Gasteiger partial charge in [-0.05, 0) is 65.9 Å². The molecule has 0 aliphatic carbocycles. The molecular weight excluding hydrogens is 514 g/mol. The third-order valence-corrected chi connectivity index (χ3v) is 6.61. The first kappa shape index (κ1) is 24.8. The van der Waals surface area contributed by atoms with Crippen LogP contribution in [0.1, 0.15) is 21.5 Å². The van der Waals surface area contributed by atoms with Crippen LogP contribution >= 0.6 is 35.0 Å². The van der Waals surface area contributed by atoms with Crippen molar-refractivity contribution < 1.29 is 23.8 Å². The van der Waals surface area contributed by atoms with E-state index in [4.69, 9.17) is 33.0 Å². The number of carbonyl (C=O) groups is 2. The molecule has 1 fully saturated rings. The van der Waals surface area contributed by atoms with E-state index in [9.17, 15) is 14.0 Å². The fourth-order valence-corrected chi connectivity index (χ4v) is 4.76. The van der Waals surface area contributed by atoms with Gasteiger partial charge in [-0.1, -0.05) is 41.4 Å². The predicted molar refractivity (Wildman–Crippen MR) is 136 cm³/mol. The number of carboxylic acid groups (broad SMARTS) is 1. The number of carbonyl (C=O) groups excluding carboxylic acids is 1. The quantitative estimate of drug-likeness (QED) is 0.361. The molecule has 1 aliphatic heterocycles. The average Bonchev–Trinajstić information content (AvgIpc) is 3.07. The Morgan fingerprint density at radius 2 is 1.80 bits per heavy atom. The molecule has 6 nitrogen and oxygen atoms in total. The number of halogens is 3. The predicted octanol–water partition coefficient (Wildman–Crippen LogP) is 6.64. The molecule has 0 bridgehead atoms. The maximum Gasteiger partial charge on any atom is 0.335 e. The molecule has 1 heterocycles. The molecule has 35 heavy (non-hydrogen) atoms. The van der Waals surface area contributed by atoms with Crippen molar-refractivity contribution >= 4 is 63.8 Å². The Hall–Kier alpha value is -3.33. The van der Waals surface area contributed by atoms with Gasteiger partial charge in [-0.3, -0.25) is 9.69 Å². The standard InChI is InChI=1S/C25H17Cl2FN2O4S/c1-30-23(31)21(35-25(30)29-17-8-6-15(7-9-17)24(32)33)12-14-10-18(26)22(19(27)11-14)34-13-16-4-2-3-5-20(16)28/h2-12H,13H2,1H3,(H,32,33)/b21-12-,29-25?. The molecule has 0 atom stereocenters. The Morgan fingerprint density at radius 1 is 1.14 bits per heavy atom. The van der Waals surface area contributed by atoms with Crippen LogP contribution in [0.25, 0.3) is 6.08 Å².